The van der Waals surface area contributed by atoms with Gasteiger partial charge < -0.3 is 10.2 Å². The number of aliphatic hydroxyl groups is 1. The summed E-state index contributed by atoms with van der Waals surface area (Å²) in [6.07, 6.45) is 11.2. The van der Waals surface area contributed by atoms with Gasteiger partial charge in [-0.15, -0.1) is 0 Å². The number of allylic oxidation sites excluding steroid dienone is 1. The second kappa shape index (κ2) is 7.20. The summed E-state index contributed by atoms with van der Waals surface area (Å²) in [5.74, 6) is 1.20. The van der Waals surface area contributed by atoms with E-state index < -0.39 is 0 Å². The molecular weight excluding hydrogens is 344 g/mol. The molecule has 1 aromatic rings. The summed E-state index contributed by atoms with van der Waals surface area (Å²) in [5, 5.41) is 20.9. The number of phenols is 1. The van der Waals surface area contributed by atoms with E-state index in [0.717, 1.165) is 43.6 Å². The molecule has 0 aliphatic heterocycles. The van der Waals surface area contributed by atoms with Crippen molar-refractivity contribution < 1.29 is 10.2 Å². The summed E-state index contributed by atoms with van der Waals surface area (Å²) in [4.78, 5) is 0. The van der Waals surface area contributed by atoms with Crippen molar-refractivity contribution in [2.45, 2.75) is 103 Å². The van der Waals surface area contributed by atoms with Crippen LogP contribution < -0.4 is 0 Å². The molecule has 3 aliphatic rings. The smallest absolute Gasteiger partial charge is 0.118 e. The number of fused-ring (bicyclic) bond motifs is 4. The summed E-state index contributed by atoms with van der Waals surface area (Å²) in [6, 6.07) is 4.12. The van der Waals surface area contributed by atoms with Crippen LogP contribution in [0.5, 0.6) is 5.75 Å². The fourth-order valence-corrected chi connectivity index (χ4v) is 6.95. The van der Waals surface area contributed by atoms with Gasteiger partial charge in [0.1, 0.15) is 5.75 Å². The van der Waals surface area contributed by atoms with Gasteiger partial charge in [-0.05, 0) is 92.4 Å². The monoisotopic (exact) mass is 382 g/mol. The fraction of sp³-hybridized carbons (Fsp3) is 0.692. The quantitative estimate of drug-likeness (QED) is 0.582. The van der Waals surface area contributed by atoms with Gasteiger partial charge in [-0.2, -0.15) is 0 Å². The molecule has 2 nitrogen and oxygen atoms in total. The molecule has 1 aromatic carbocycles. The van der Waals surface area contributed by atoms with Crippen LogP contribution in [-0.2, 0) is 11.8 Å². The average Bonchev–Trinajstić information content (AvgIpc) is 3.00. The molecule has 0 amide bonds. The first-order valence-electron chi connectivity index (χ1n) is 11.6. The minimum Gasteiger partial charge on any atom is -0.508 e. The Kier molecular flexibility index (Phi) is 5.15. The van der Waals surface area contributed by atoms with Crippen LogP contribution in [0.4, 0.5) is 0 Å². The Morgan fingerprint density at radius 3 is 2.64 bits per heavy atom. The highest BCUT2D eigenvalue weighted by Gasteiger charge is 2.53. The number of phenolic OH excluding ortho intramolecular Hbond substituents is 1. The third kappa shape index (κ3) is 2.95. The van der Waals surface area contributed by atoms with Crippen LogP contribution in [0.15, 0.2) is 23.3 Å². The second-order valence-electron chi connectivity index (χ2n) is 10.3. The van der Waals surface area contributed by atoms with Crippen molar-refractivity contribution in [2.24, 2.45) is 11.3 Å². The second-order valence-corrected chi connectivity index (χ2v) is 10.3. The molecule has 0 saturated heterocycles. The van der Waals surface area contributed by atoms with Gasteiger partial charge in [0.05, 0.1) is 6.10 Å². The Labute approximate surface area is 171 Å². The molecule has 3 atom stereocenters. The lowest BCUT2D eigenvalue weighted by molar-refractivity contribution is 0.141. The van der Waals surface area contributed by atoms with Crippen molar-refractivity contribution in [3.8, 4) is 5.75 Å². The van der Waals surface area contributed by atoms with Gasteiger partial charge in [0.25, 0.3) is 0 Å². The predicted octanol–water partition coefficient (Wildman–Crippen LogP) is 6.35. The molecule has 0 bridgehead atoms. The highest BCUT2D eigenvalue weighted by Crippen LogP contribution is 2.63. The van der Waals surface area contributed by atoms with Gasteiger partial charge >= 0.3 is 0 Å². The fourth-order valence-electron chi connectivity index (χ4n) is 6.95. The molecule has 28 heavy (non-hydrogen) atoms. The zero-order chi connectivity index (χ0) is 20.1. The maximum Gasteiger partial charge on any atom is 0.118 e. The summed E-state index contributed by atoms with van der Waals surface area (Å²) in [6.45, 7) is 9.06. The minimum absolute atomic E-state index is 0.132. The van der Waals surface area contributed by atoms with Gasteiger partial charge in [-0.1, -0.05) is 50.8 Å². The molecule has 0 unspecified atom stereocenters. The lowest BCUT2D eigenvalue weighted by Crippen LogP contribution is -2.41. The summed E-state index contributed by atoms with van der Waals surface area (Å²) in [7, 11) is 0. The zero-order valence-corrected chi connectivity index (χ0v) is 18.3. The standard InChI is InChI=1S/C26H38O2/c1-5-26-14-13-25(12-6-7-17(2)3)16-19(27)15-23(25)22(26)9-8-20-18(4)24(28)11-10-21(20)26/h10-11,17,19,27-28H,5-9,12-16H2,1-4H3/t19-,25-,26+/m0/s1. The molecule has 1 fully saturated rings. The number of rotatable bonds is 5. The molecule has 0 spiro atoms. The molecule has 1 saturated carbocycles. The van der Waals surface area contributed by atoms with Crippen LogP contribution >= 0.6 is 0 Å². The Hall–Kier alpha value is -1.28. The van der Waals surface area contributed by atoms with Crippen molar-refractivity contribution in [1.29, 1.82) is 0 Å². The van der Waals surface area contributed by atoms with E-state index in [4.69, 9.17) is 0 Å². The molecule has 4 rings (SSSR count). The summed E-state index contributed by atoms with van der Waals surface area (Å²) >= 11 is 0. The lowest BCUT2D eigenvalue weighted by atomic mass is 9.53. The third-order valence-electron chi connectivity index (χ3n) is 8.43. The zero-order valence-electron chi connectivity index (χ0n) is 18.3. The van der Waals surface area contributed by atoms with Crippen LogP contribution in [0.3, 0.4) is 0 Å². The number of hydrogen-bond donors (Lipinski definition) is 2. The highest BCUT2D eigenvalue weighted by molar-refractivity contribution is 5.56. The molecule has 2 heteroatoms. The molecular formula is C26H38O2. The molecule has 3 aliphatic carbocycles. The van der Waals surface area contributed by atoms with Gasteiger partial charge in [0.2, 0.25) is 0 Å². The Balaban J connectivity index is 1.79. The van der Waals surface area contributed by atoms with Crippen molar-refractivity contribution in [3.05, 3.63) is 40.0 Å². The largest absolute Gasteiger partial charge is 0.508 e. The molecule has 0 heterocycles. The predicted molar refractivity (Wildman–Crippen MR) is 116 cm³/mol. The molecule has 0 radical (unpaired) electrons. The molecule has 154 valence electrons. The van der Waals surface area contributed by atoms with Crippen LogP contribution in [0.1, 0.15) is 95.2 Å². The number of aliphatic hydroxyl groups excluding tert-OH is 1. The van der Waals surface area contributed by atoms with Gasteiger partial charge in [-0.25, -0.2) is 0 Å². The SMILES string of the molecule is CC[C@]12CC[C@@]3(CCCC(C)C)C[C@@H](O)CC3=C1CCc1c2ccc(O)c1C. The number of hydrogen-bond acceptors (Lipinski definition) is 2. The molecule has 2 N–H and O–H groups in total. The highest BCUT2D eigenvalue weighted by atomic mass is 16.3. The normalized spacial score (nSPS) is 31.7. The van der Waals surface area contributed by atoms with Crippen LogP contribution in [0.2, 0.25) is 0 Å². The summed E-state index contributed by atoms with van der Waals surface area (Å²) in [5.41, 5.74) is 7.62. The van der Waals surface area contributed by atoms with E-state index in [9.17, 15) is 10.2 Å². The van der Waals surface area contributed by atoms with E-state index in [1.54, 1.807) is 11.1 Å². The number of aromatic hydroxyl groups is 1. The Bertz CT molecular complexity index is 790. The average molecular weight is 383 g/mol. The van der Waals surface area contributed by atoms with Crippen molar-refractivity contribution in [3.63, 3.8) is 0 Å². The first kappa shape index (κ1) is 20.0. The summed E-state index contributed by atoms with van der Waals surface area (Å²) < 4.78 is 0. The first-order valence-corrected chi connectivity index (χ1v) is 11.6. The topological polar surface area (TPSA) is 40.5 Å². The third-order valence-corrected chi connectivity index (χ3v) is 8.43. The van der Waals surface area contributed by atoms with Gasteiger partial charge in [-0.3, -0.25) is 0 Å². The van der Waals surface area contributed by atoms with E-state index in [1.165, 1.54) is 43.2 Å². The van der Waals surface area contributed by atoms with Crippen molar-refractivity contribution >= 4 is 0 Å². The van der Waals surface area contributed by atoms with Crippen molar-refractivity contribution in [1.82, 2.24) is 0 Å². The Morgan fingerprint density at radius 2 is 1.93 bits per heavy atom. The van der Waals surface area contributed by atoms with Gasteiger partial charge in [0.15, 0.2) is 0 Å². The maximum atomic E-state index is 10.7. The van der Waals surface area contributed by atoms with E-state index in [0.29, 0.717) is 5.75 Å². The van der Waals surface area contributed by atoms with E-state index in [1.807, 2.05) is 6.07 Å². The Morgan fingerprint density at radius 1 is 1.14 bits per heavy atom. The lowest BCUT2D eigenvalue weighted by Gasteiger charge is -2.51. The molecule has 0 aromatic heterocycles. The van der Waals surface area contributed by atoms with Crippen LogP contribution in [0.25, 0.3) is 0 Å². The van der Waals surface area contributed by atoms with E-state index in [2.05, 4.69) is 33.8 Å². The van der Waals surface area contributed by atoms with Gasteiger partial charge in [0, 0.05) is 5.41 Å². The maximum absolute atomic E-state index is 10.7. The van der Waals surface area contributed by atoms with Crippen LogP contribution in [-0.4, -0.2) is 16.3 Å². The van der Waals surface area contributed by atoms with E-state index in [-0.39, 0.29) is 16.9 Å². The van der Waals surface area contributed by atoms with Crippen molar-refractivity contribution in [2.75, 3.05) is 0 Å². The van der Waals surface area contributed by atoms with E-state index >= 15 is 0 Å². The minimum atomic E-state index is -0.155. The number of benzene rings is 1. The van der Waals surface area contributed by atoms with Crippen LogP contribution in [0, 0.1) is 18.3 Å². The first-order chi connectivity index (χ1) is 13.3.